The summed E-state index contributed by atoms with van der Waals surface area (Å²) in [4.78, 5) is 81.1. The first kappa shape index (κ1) is 38.9. The van der Waals surface area contributed by atoms with Gasteiger partial charge in [0.1, 0.15) is 6.42 Å². The maximum atomic E-state index is 12.1. The molecule has 0 fully saturated rings. The lowest BCUT2D eigenvalue weighted by Gasteiger charge is -2.22. The van der Waals surface area contributed by atoms with Crippen molar-refractivity contribution in [2.75, 3.05) is 25.1 Å². The molecule has 3 aromatic rings. The molecule has 240 valence electrons. The number of nitrogens with one attached hydrogen (secondary N) is 2. The summed E-state index contributed by atoms with van der Waals surface area (Å²) in [5.41, 5.74) is 2.55. The van der Waals surface area contributed by atoms with E-state index in [-0.39, 0.29) is 41.1 Å². The molecule has 0 saturated heterocycles. The van der Waals surface area contributed by atoms with Gasteiger partial charge in [-0.25, -0.2) is 9.59 Å². The third-order valence-corrected chi connectivity index (χ3v) is 5.46. The number of amides is 1. The SMILES string of the molecule is C.C.CCOC(=O)C1C(=O)Nc2ccc(C)cc2C1=O.CCOC(=O)CC(=O)OCC.Cc1ccc2[nH]c(=O)oc(=O)c2c1. The minimum atomic E-state index is -1.39. The van der Waals surface area contributed by atoms with E-state index < -0.39 is 46.9 Å². The van der Waals surface area contributed by atoms with Gasteiger partial charge in [-0.3, -0.25) is 29.0 Å². The average Bonchev–Trinajstić information content (AvgIpc) is 2.91. The Morgan fingerprint density at radius 3 is 1.91 bits per heavy atom. The van der Waals surface area contributed by atoms with Crippen molar-refractivity contribution in [1.82, 2.24) is 4.98 Å². The van der Waals surface area contributed by atoms with Crippen LogP contribution < -0.4 is 16.7 Å². The Labute approximate surface area is 254 Å². The maximum Gasteiger partial charge on any atom is 0.419 e. The number of aryl methyl sites for hydroxylation is 2. The fourth-order valence-electron chi connectivity index (χ4n) is 3.64. The number of benzene rings is 2. The number of carbonyl (C=O) groups excluding carboxylic acids is 5. The lowest BCUT2D eigenvalue weighted by Crippen LogP contribution is -2.41. The monoisotopic (exact) mass is 616 g/mol. The molecular weight excluding hydrogens is 576 g/mol. The number of H-pyrrole nitrogens is 1. The summed E-state index contributed by atoms with van der Waals surface area (Å²) in [6, 6.07) is 10.3. The second-order valence-electron chi connectivity index (χ2n) is 8.73. The molecule has 0 radical (unpaired) electrons. The van der Waals surface area contributed by atoms with Crippen LogP contribution in [0.15, 0.2) is 50.4 Å². The Morgan fingerprint density at radius 1 is 0.795 bits per heavy atom. The summed E-state index contributed by atoms with van der Waals surface area (Å²) >= 11 is 0. The van der Waals surface area contributed by atoms with Gasteiger partial charge in [0.05, 0.1) is 36.4 Å². The second-order valence-corrected chi connectivity index (χ2v) is 8.73. The number of esters is 3. The molecule has 13 heteroatoms. The number of ketones is 1. The number of ether oxygens (including phenoxy) is 3. The highest BCUT2D eigenvalue weighted by atomic mass is 16.6. The first-order chi connectivity index (χ1) is 19.9. The van der Waals surface area contributed by atoms with Crippen molar-refractivity contribution in [3.8, 4) is 0 Å². The molecule has 0 spiro atoms. The highest BCUT2D eigenvalue weighted by Gasteiger charge is 2.40. The molecule has 1 aromatic heterocycles. The summed E-state index contributed by atoms with van der Waals surface area (Å²) in [5, 5.41) is 2.95. The zero-order valence-electron chi connectivity index (χ0n) is 23.9. The molecule has 2 N–H and O–H groups in total. The minimum Gasteiger partial charge on any atom is -0.466 e. The van der Waals surface area contributed by atoms with Gasteiger partial charge < -0.3 is 23.9 Å². The van der Waals surface area contributed by atoms with Crippen LogP contribution in [0, 0.1) is 19.8 Å². The molecular formula is C31H40N2O11. The first-order valence-electron chi connectivity index (χ1n) is 13.0. The Hall–Kier alpha value is -5.07. The lowest BCUT2D eigenvalue weighted by atomic mass is 9.91. The van der Waals surface area contributed by atoms with Gasteiger partial charge in [-0.15, -0.1) is 0 Å². The standard InChI is InChI=1S/C13H13NO4.C9H7NO3.C7H12O4.2CH4/c1-3-18-13(17)10-11(15)8-6-7(2)4-5-9(8)14-12(10)16;1-5-2-3-7-6(4-5)8(11)13-9(12)10-7;1-3-10-6(8)5-7(9)11-4-2;;/h4-6,10H,3H2,1-2H3,(H,14,16);2-4H,1H3,(H,10,12);3-5H2,1-2H3;2*1H4. The normalized spacial score (nSPS) is 12.7. The zero-order valence-corrected chi connectivity index (χ0v) is 23.9. The van der Waals surface area contributed by atoms with Crippen molar-refractivity contribution in [3.63, 3.8) is 0 Å². The highest BCUT2D eigenvalue weighted by molar-refractivity contribution is 6.29. The van der Waals surface area contributed by atoms with Gasteiger partial charge in [0.15, 0.2) is 11.7 Å². The molecule has 1 aliphatic heterocycles. The number of aromatic nitrogens is 1. The summed E-state index contributed by atoms with van der Waals surface area (Å²) in [5.74, 6) is -5.12. The number of aromatic amines is 1. The number of anilines is 1. The van der Waals surface area contributed by atoms with Crippen molar-refractivity contribution in [2.45, 2.75) is 55.9 Å². The van der Waals surface area contributed by atoms with E-state index in [1.165, 1.54) is 0 Å². The van der Waals surface area contributed by atoms with Gasteiger partial charge in [-0.1, -0.05) is 38.1 Å². The van der Waals surface area contributed by atoms with Crippen LogP contribution in [0.2, 0.25) is 0 Å². The Bertz CT molecular complexity index is 1570. The van der Waals surface area contributed by atoms with E-state index >= 15 is 0 Å². The molecule has 0 bridgehead atoms. The molecule has 1 amide bonds. The van der Waals surface area contributed by atoms with Gasteiger partial charge in [-0.05, 0) is 58.9 Å². The van der Waals surface area contributed by atoms with Crippen molar-refractivity contribution in [3.05, 3.63) is 74.1 Å². The van der Waals surface area contributed by atoms with Crippen LogP contribution >= 0.6 is 0 Å². The summed E-state index contributed by atoms with van der Waals surface area (Å²) in [7, 11) is 0. The third-order valence-electron chi connectivity index (χ3n) is 5.46. The van der Waals surface area contributed by atoms with Crippen LogP contribution in [0.3, 0.4) is 0 Å². The van der Waals surface area contributed by atoms with E-state index in [0.29, 0.717) is 22.2 Å². The predicted octanol–water partition coefficient (Wildman–Crippen LogP) is 3.87. The molecule has 1 aliphatic rings. The first-order valence-corrected chi connectivity index (χ1v) is 13.0. The summed E-state index contributed by atoms with van der Waals surface area (Å²) < 4.78 is 18.2. The fourth-order valence-corrected chi connectivity index (χ4v) is 3.64. The van der Waals surface area contributed by atoms with Crippen LogP contribution in [0.25, 0.3) is 10.9 Å². The largest absolute Gasteiger partial charge is 0.466 e. The highest BCUT2D eigenvalue weighted by Crippen LogP contribution is 2.27. The summed E-state index contributed by atoms with van der Waals surface area (Å²) in [6.45, 7) is 9.41. The number of rotatable bonds is 6. The van der Waals surface area contributed by atoms with Gasteiger partial charge in [-0.2, -0.15) is 0 Å². The van der Waals surface area contributed by atoms with Crippen molar-refractivity contribution in [2.24, 2.45) is 5.92 Å². The Balaban J connectivity index is 0.000000639. The quantitative estimate of drug-likeness (QED) is 0.232. The van der Waals surface area contributed by atoms with Crippen molar-refractivity contribution < 1.29 is 42.6 Å². The molecule has 44 heavy (non-hydrogen) atoms. The second kappa shape index (κ2) is 18.5. The minimum absolute atomic E-state index is 0. The smallest absolute Gasteiger partial charge is 0.419 e. The van der Waals surface area contributed by atoms with E-state index in [1.54, 1.807) is 51.1 Å². The van der Waals surface area contributed by atoms with E-state index in [1.807, 2.05) is 19.9 Å². The number of hydrogen-bond acceptors (Lipinski definition) is 11. The van der Waals surface area contributed by atoms with Crippen LogP contribution in [-0.2, 0) is 33.4 Å². The molecule has 1 unspecified atom stereocenters. The van der Waals surface area contributed by atoms with E-state index in [0.717, 1.165) is 11.1 Å². The lowest BCUT2D eigenvalue weighted by molar-refractivity contribution is -0.154. The Morgan fingerprint density at radius 2 is 1.34 bits per heavy atom. The molecule has 13 nitrogen and oxygen atoms in total. The fraction of sp³-hybridized carbons (Fsp3) is 0.387. The molecule has 2 heterocycles. The van der Waals surface area contributed by atoms with Crippen LogP contribution in [-0.4, -0.2) is 54.4 Å². The van der Waals surface area contributed by atoms with Crippen molar-refractivity contribution >= 4 is 46.2 Å². The van der Waals surface area contributed by atoms with Gasteiger partial charge in [0.25, 0.3) is 0 Å². The molecule has 4 rings (SSSR count). The number of Topliss-reactive ketones (excluding diaryl/α,β-unsaturated/α-hetero) is 1. The Kier molecular flexibility index (Phi) is 16.3. The average molecular weight is 617 g/mol. The van der Waals surface area contributed by atoms with Crippen LogP contribution in [0.4, 0.5) is 5.69 Å². The van der Waals surface area contributed by atoms with Gasteiger partial charge >= 0.3 is 29.3 Å². The number of hydrogen-bond donors (Lipinski definition) is 2. The van der Waals surface area contributed by atoms with Gasteiger partial charge in [0, 0.05) is 5.56 Å². The van der Waals surface area contributed by atoms with E-state index in [9.17, 15) is 33.6 Å². The van der Waals surface area contributed by atoms with Gasteiger partial charge in [0.2, 0.25) is 5.91 Å². The summed E-state index contributed by atoms with van der Waals surface area (Å²) in [6.07, 6.45) is -0.290. The van der Waals surface area contributed by atoms with E-state index in [2.05, 4.69) is 24.2 Å². The van der Waals surface area contributed by atoms with Crippen molar-refractivity contribution in [1.29, 1.82) is 0 Å². The molecule has 0 aliphatic carbocycles. The van der Waals surface area contributed by atoms with Crippen LogP contribution in [0.5, 0.6) is 0 Å². The predicted molar refractivity (Wildman–Crippen MR) is 163 cm³/mol. The third kappa shape index (κ3) is 11.0. The molecule has 0 saturated carbocycles. The molecule has 2 aromatic carbocycles. The number of fused-ring (bicyclic) bond motifs is 2. The molecule has 1 atom stereocenters. The maximum absolute atomic E-state index is 12.1. The zero-order chi connectivity index (χ0) is 31.4. The van der Waals surface area contributed by atoms with Crippen LogP contribution in [0.1, 0.15) is 63.5 Å². The topological polar surface area (TPSA) is 188 Å². The number of carbonyl (C=O) groups is 5. The van der Waals surface area contributed by atoms with E-state index in [4.69, 9.17) is 4.74 Å².